The Labute approximate surface area is 190 Å². The van der Waals surface area contributed by atoms with Crippen LogP contribution in [0.3, 0.4) is 0 Å². The molecule has 0 saturated heterocycles. The van der Waals surface area contributed by atoms with Crippen LogP contribution in [-0.4, -0.2) is 42.9 Å². The number of pyridine rings is 1. The summed E-state index contributed by atoms with van der Waals surface area (Å²) in [6.07, 6.45) is 5.15. The first-order valence-electron chi connectivity index (χ1n) is 9.47. The normalized spacial score (nSPS) is 11.7. The highest BCUT2D eigenvalue weighted by molar-refractivity contribution is 9.10. The van der Waals surface area contributed by atoms with E-state index in [0.717, 1.165) is 14.3 Å². The molecule has 0 unspecified atom stereocenters. The highest BCUT2D eigenvalue weighted by atomic mass is 79.9. The highest BCUT2D eigenvalue weighted by Gasteiger charge is 2.26. The van der Waals surface area contributed by atoms with Crippen LogP contribution in [0.4, 0.5) is 0 Å². The first-order chi connectivity index (χ1) is 14.9. The predicted molar refractivity (Wildman–Crippen MR) is 123 cm³/mol. The molecule has 7 nitrogen and oxygen atoms in total. The van der Waals surface area contributed by atoms with E-state index in [0.29, 0.717) is 12.0 Å². The molecule has 0 fully saturated rings. The van der Waals surface area contributed by atoms with E-state index in [-0.39, 0.29) is 18.0 Å². The van der Waals surface area contributed by atoms with Crippen molar-refractivity contribution >= 4 is 38.1 Å². The summed E-state index contributed by atoms with van der Waals surface area (Å²) in [5.74, 6) is -0.533. The molecule has 1 heterocycles. The lowest BCUT2D eigenvalue weighted by Gasteiger charge is -2.21. The number of benzene rings is 2. The molecule has 0 spiro atoms. The second-order valence-electron chi connectivity index (χ2n) is 6.61. The first-order valence-corrected chi connectivity index (χ1v) is 11.7. The molecular formula is C22H21BrN4O3S. The van der Waals surface area contributed by atoms with Gasteiger partial charge in [-0.3, -0.25) is 9.78 Å². The zero-order valence-electron chi connectivity index (χ0n) is 16.6. The van der Waals surface area contributed by atoms with E-state index in [1.54, 1.807) is 36.7 Å². The molecule has 0 saturated carbocycles. The van der Waals surface area contributed by atoms with Crippen molar-refractivity contribution in [2.75, 3.05) is 13.1 Å². The van der Waals surface area contributed by atoms with Gasteiger partial charge in [-0.15, -0.1) is 0 Å². The molecule has 31 heavy (non-hydrogen) atoms. The fourth-order valence-corrected chi connectivity index (χ4v) is 4.43. The Bertz CT molecular complexity index is 1120. The molecule has 3 rings (SSSR count). The number of amides is 1. The van der Waals surface area contributed by atoms with E-state index in [9.17, 15) is 13.2 Å². The maximum atomic E-state index is 13.2. The molecule has 0 aliphatic carbocycles. The van der Waals surface area contributed by atoms with Gasteiger partial charge in [-0.1, -0.05) is 52.3 Å². The molecule has 160 valence electrons. The van der Waals surface area contributed by atoms with E-state index < -0.39 is 15.9 Å². The molecule has 3 aromatic rings. The number of sulfonamides is 1. The van der Waals surface area contributed by atoms with Crippen molar-refractivity contribution in [2.45, 2.75) is 11.3 Å². The van der Waals surface area contributed by atoms with Gasteiger partial charge in [0, 0.05) is 29.0 Å². The lowest BCUT2D eigenvalue weighted by Crippen LogP contribution is -2.40. The van der Waals surface area contributed by atoms with Crippen molar-refractivity contribution < 1.29 is 13.2 Å². The third-order valence-electron chi connectivity index (χ3n) is 4.35. The molecule has 9 heteroatoms. The number of rotatable bonds is 9. The minimum absolute atomic E-state index is 0.121. The van der Waals surface area contributed by atoms with Crippen molar-refractivity contribution in [2.24, 2.45) is 5.10 Å². The lowest BCUT2D eigenvalue weighted by atomic mass is 10.1. The third kappa shape index (κ3) is 6.81. The Balaban J connectivity index is 1.73. The van der Waals surface area contributed by atoms with Crippen LogP contribution in [0.2, 0.25) is 0 Å². The van der Waals surface area contributed by atoms with Crippen LogP contribution in [-0.2, 0) is 21.2 Å². The van der Waals surface area contributed by atoms with Gasteiger partial charge in [0.05, 0.1) is 17.7 Å². The number of hydrazone groups is 1. The van der Waals surface area contributed by atoms with Crippen molar-refractivity contribution in [3.63, 3.8) is 0 Å². The number of nitrogens with one attached hydrogen (secondary N) is 1. The quantitative estimate of drug-likeness (QED) is 0.360. The van der Waals surface area contributed by atoms with Gasteiger partial charge in [-0.05, 0) is 42.3 Å². The fraction of sp³-hybridized carbons (Fsp3) is 0.136. The van der Waals surface area contributed by atoms with Gasteiger partial charge < -0.3 is 0 Å². The topological polar surface area (TPSA) is 91.7 Å². The van der Waals surface area contributed by atoms with Crippen LogP contribution in [0.15, 0.2) is 93.6 Å². The van der Waals surface area contributed by atoms with E-state index >= 15 is 0 Å². The summed E-state index contributed by atoms with van der Waals surface area (Å²) in [6.45, 7) is -0.197. The van der Waals surface area contributed by atoms with Gasteiger partial charge in [0.1, 0.15) is 0 Å². The molecule has 0 radical (unpaired) electrons. The molecular weight excluding hydrogens is 480 g/mol. The molecule has 1 N–H and O–H groups in total. The van der Waals surface area contributed by atoms with Crippen LogP contribution in [0.1, 0.15) is 11.1 Å². The largest absolute Gasteiger partial charge is 0.272 e. The first kappa shape index (κ1) is 22.8. The lowest BCUT2D eigenvalue weighted by molar-refractivity contribution is -0.121. The minimum atomic E-state index is -3.87. The number of carbonyl (C=O) groups is 1. The molecule has 0 aliphatic rings. The molecule has 1 amide bonds. The molecule has 1 aromatic heterocycles. The Kier molecular flexibility index (Phi) is 8.05. The number of halogens is 1. The maximum Gasteiger partial charge on any atom is 0.255 e. The van der Waals surface area contributed by atoms with Crippen LogP contribution in [0, 0.1) is 0 Å². The summed E-state index contributed by atoms with van der Waals surface area (Å²) < 4.78 is 28.3. The molecule has 2 aromatic carbocycles. The summed E-state index contributed by atoms with van der Waals surface area (Å²) in [5, 5.41) is 3.89. The van der Waals surface area contributed by atoms with Gasteiger partial charge in [-0.2, -0.15) is 9.41 Å². The number of carbonyl (C=O) groups excluding carboxylic acids is 1. The summed E-state index contributed by atoms with van der Waals surface area (Å²) in [7, 11) is -3.87. The summed E-state index contributed by atoms with van der Waals surface area (Å²) in [5.41, 5.74) is 4.08. The number of nitrogens with zero attached hydrogens (tertiary/aromatic N) is 3. The average Bonchev–Trinajstić information content (AvgIpc) is 2.78. The zero-order chi connectivity index (χ0) is 22.1. The maximum absolute atomic E-state index is 13.2. The van der Waals surface area contributed by atoms with E-state index in [2.05, 4.69) is 31.4 Å². The van der Waals surface area contributed by atoms with Crippen molar-refractivity contribution in [1.29, 1.82) is 0 Å². The Hall–Kier alpha value is -2.88. The molecule has 0 bridgehead atoms. The van der Waals surface area contributed by atoms with E-state index in [1.165, 1.54) is 18.3 Å². The van der Waals surface area contributed by atoms with Crippen molar-refractivity contribution in [3.05, 3.63) is 94.7 Å². The summed E-state index contributed by atoms with van der Waals surface area (Å²) in [4.78, 5) is 16.5. The Morgan fingerprint density at radius 3 is 2.48 bits per heavy atom. The SMILES string of the molecule is O=C(CN(CCc1ccccc1)S(=O)(=O)c1ccc(Br)cc1)N/N=C\c1cccnc1. The Morgan fingerprint density at radius 1 is 1.06 bits per heavy atom. The van der Waals surface area contributed by atoms with Crippen LogP contribution in [0.5, 0.6) is 0 Å². The van der Waals surface area contributed by atoms with Gasteiger partial charge in [0.25, 0.3) is 5.91 Å². The predicted octanol–water partition coefficient (Wildman–Crippen LogP) is 3.23. The summed E-state index contributed by atoms with van der Waals surface area (Å²) >= 11 is 3.31. The van der Waals surface area contributed by atoms with Gasteiger partial charge in [0.15, 0.2) is 0 Å². The third-order valence-corrected chi connectivity index (χ3v) is 6.74. The highest BCUT2D eigenvalue weighted by Crippen LogP contribution is 2.19. The van der Waals surface area contributed by atoms with Crippen LogP contribution in [0.25, 0.3) is 0 Å². The Morgan fingerprint density at radius 2 is 1.81 bits per heavy atom. The standard InChI is InChI=1S/C22H21BrN4O3S/c23-20-8-10-21(11-9-20)31(29,30)27(14-12-18-5-2-1-3-6-18)17-22(28)26-25-16-19-7-4-13-24-15-19/h1-11,13,15-16H,12,14,17H2,(H,26,28)/b25-16-. The van der Waals surface area contributed by atoms with Crippen molar-refractivity contribution in [3.8, 4) is 0 Å². The van der Waals surface area contributed by atoms with Gasteiger partial charge >= 0.3 is 0 Å². The smallest absolute Gasteiger partial charge is 0.255 e. The van der Waals surface area contributed by atoms with Crippen LogP contribution >= 0.6 is 15.9 Å². The number of aromatic nitrogens is 1. The van der Waals surface area contributed by atoms with Gasteiger partial charge in [0.2, 0.25) is 10.0 Å². The van der Waals surface area contributed by atoms with E-state index in [1.807, 2.05) is 30.3 Å². The minimum Gasteiger partial charge on any atom is -0.272 e. The summed E-state index contributed by atoms with van der Waals surface area (Å²) in [6, 6.07) is 19.4. The van der Waals surface area contributed by atoms with Crippen molar-refractivity contribution in [1.82, 2.24) is 14.7 Å². The van der Waals surface area contributed by atoms with E-state index in [4.69, 9.17) is 0 Å². The fourth-order valence-electron chi connectivity index (χ4n) is 2.76. The molecule has 0 aliphatic heterocycles. The van der Waals surface area contributed by atoms with Gasteiger partial charge in [-0.25, -0.2) is 13.8 Å². The van der Waals surface area contributed by atoms with Crippen LogP contribution < -0.4 is 5.43 Å². The average molecular weight is 501 g/mol. The number of hydrogen-bond acceptors (Lipinski definition) is 5. The second-order valence-corrected chi connectivity index (χ2v) is 9.46. The monoisotopic (exact) mass is 500 g/mol. The molecule has 0 atom stereocenters. The second kappa shape index (κ2) is 10.9. The number of hydrogen-bond donors (Lipinski definition) is 1. The zero-order valence-corrected chi connectivity index (χ0v) is 19.0.